The molecule has 1 unspecified atom stereocenters. The Morgan fingerprint density at radius 3 is 2.71 bits per heavy atom. The van der Waals surface area contributed by atoms with E-state index in [9.17, 15) is 4.79 Å². The molecule has 0 saturated carbocycles. The van der Waals surface area contributed by atoms with Crippen molar-refractivity contribution in [3.63, 3.8) is 0 Å². The van der Waals surface area contributed by atoms with E-state index in [1.165, 1.54) is 0 Å². The summed E-state index contributed by atoms with van der Waals surface area (Å²) in [7, 11) is 0. The molecule has 0 bridgehead atoms. The summed E-state index contributed by atoms with van der Waals surface area (Å²) in [6.45, 7) is 7.46. The van der Waals surface area contributed by atoms with Gasteiger partial charge in [-0.05, 0) is 45.4 Å². The summed E-state index contributed by atoms with van der Waals surface area (Å²) >= 11 is 3.46. The summed E-state index contributed by atoms with van der Waals surface area (Å²) < 4.78 is 5.14. The number of hydrogen-bond donors (Lipinski definition) is 1. The van der Waals surface area contributed by atoms with Crippen LogP contribution in [0, 0.1) is 0 Å². The van der Waals surface area contributed by atoms with Gasteiger partial charge < -0.3 is 4.74 Å². The average Bonchev–Trinajstić information content (AvgIpc) is 2.14. The molecule has 4 nitrogen and oxygen atoms in total. The highest BCUT2D eigenvalue weighted by Gasteiger charge is 2.16. The third kappa shape index (κ3) is 5.17. The minimum absolute atomic E-state index is 0.213. The smallest absolute Gasteiger partial charge is 0.413 e. The Balaban J connectivity index is 2.69. The number of hydrogen-bond acceptors (Lipinski definition) is 3. The van der Waals surface area contributed by atoms with Crippen molar-refractivity contribution in [2.45, 2.75) is 38.1 Å². The third-order valence-corrected chi connectivity index (χ3v) is 2.40. The molecular formula is C12H17BrN2O2. The molecule has 1 heterocycles. The topological polar surface area (TPSA) is 51.2 Å². The first kappa shape index (κ1) is 14.0. The van der Waals surface area contributed by atoms with E-state index >= 15 is 0 Å². The number of rotatable bonds is 2. The molecule has 1 atom stereocenters. The molecule has 0 aliphatic carbocycles. The zero-order valence-electron chi connectivity index (χ0n) is 10.5. The van der Waals surface area contributed by atoms with Crippen LogP contribution >= 0.6 is 15.9 Å². The highest BCUT2D eigenvalue weighted by atomic mass is 79.9. The Bertz CT molecular complexity index is 400. The van der Waals surface area contributed by atoms with E-state index in [4.69, 9.17) is 4.74 Å². The van der Waals surface area contributed by atoms with Gasteiger partial charge >= 0.3 is 6.09 Å². The molecule has 17 heavy (non-hydrogen) atoms. The highest BCUT2D eigenvalue weighted by Crippen LogP contribution is 2.22. The fraction of sp³-hybridized carbons (Fsp3) is 0.500. The first-order valence-electron chi connectivity index (χ1n) is 5.38. The van der Waals surface area contributed by atoms with Gasteiger partial charge in [-0.1, -0.05) is 15.9 Å². The third-order valence-electron chi connectivity index (χ3n) is 1.87. The van der Waals surface area contributed by atoms with Crippen LogP contribution < -0.4 is 5.32 Å². The number of alkyl halides is 1. The van der Waals surface area contributed by atoms with Gasteiger partial charge in [0, 0.05) is 11.0 Å². The SMILES string of the molecule is CC(Br)c1ccnc(NC(=O)OC(C)(C)C)c1. The molecule has 0 saturated heterocycles. The normalized spacial score (nSPS) is 13.0. The second-order valence-electron chi connectivity index (χ2n) is 4.72. The van der Waals surface area contributed by atoms with Crippen molar-refractivity contribution in [2.75, 3.05) is 5.32 Å². The number of halogens is 1. The van der Waals surface area contributed by atoms with Crippen LogP contribution in [0.2, 0.25) is 0 Å². The van der Waals surface area contributed by atoms with Gasteiger partial charge in [-0.15, -0.1) is 0 Å². The number of amides is 1. The number of carbonyl (C=O) groups excluding carboxylic acids is 1. The quantitative estimate of drug-likeness (QED) is 0.843. The second kappa shape index (κ2) is 5.49. The van der Waals surface area contributed by atoms with Crippen LogP contribution in [0.15, 0.2) is 18.3 Å². The lowest BCUT2D eigenvalue weighted by Gasteiger charge is -2.19. The van der Waals surface area contributed by atoms with Gasteiger partial charge in [0.1, 0.15) is 11.4 Å². The molecule has 0 radical (unpaired) electrons. The van der Waals surface area contributed by atoms with Crippen LogP contribution in [0.4, 0.5) is 10.6 Å². The van der Waals surface area contributed by atoms with Crippen LogP contribution in [0.25, 0.3) is 0 Å². The summed E-state index contributed by atoms with van der Waals surface area (Å²) in [4.78, 5) is 15.8. The number of aromatic nitrogens is 1. The van der Waals surface area contributed by atoms with Gasteiger partial charge in [-0.3, -0.25) is 5.32 Å². The maximum absolute atomic E-state index is 11.5. The van der Waals surface area contributed by atoms with E-state index in [1.807, 2.05) is 39.8 Å². The van der Waals surface area contributed by atoms with E-state index in [0.29, 0.717) is 5.82 Å². The Kier molecular flexibility index (Phi) is 4.51. The molecular weight excluding hydrogens is 284 g/mol. The average molecular weight is 301 g/mol. The summed E-state index contributed by atoms with van der Waals surface area (Å²) in [6.07, 6.45) is 1.16. The number of anilines is 1. The van der Waals surface area contributed by atoms with E-state index in [1.54, 1.807) is 6.20 Å². The summed E-state index contributed by atoms with van der Waals surface area (Å²) in [5.74, 6) is 0.489. The van der Waals surface area contributed by atoms with Crippen LogP contribution in [-0.2, 0) is 4.74 Å². The zero-order valence-corrected chi connectivity index (χ0v) is 12.0. The minimum Gasteiger partial charge on any atom is -0.444 e. The van der Waals surface area contributed by atoms with Gasteiger partial charge in [0.15, 0.2) is 0 Å². The molecule has 1 aromatic heterocycles. The molecule has 1 amide bonds. The molecule has 0 aliphatic rings. The summed E-state index contributed by atoms with van der Waals surface area (Å²) in [5, 5.41) is 2.60. The molecule has 94 valence electrons. The van der Waals surface area contributed by atoms with E-state index in [0.717, 1.165) is 5.56 Å². The second-order valence-corrected chi connectivity index (χ2v) is 6.09. The van der Waals surface area contributed by atoms with Crippen LogP contribution in [0.3, 0.4) is 0 Å². The molecule has 0 fully saturated rings. The van der Waals surface area contributed by atoms with Gasteiger partial charge in [-0.2, -0.15) is 0 Å². The Morgan fingerprint density at radius 1 is 1.53 bits per heavy atom. The van der Waals surface area contributed by atoms with Gasteiger partial charge in [0.25, 0.3) is 0 Å². The fourth-order valence-electron chi connectivity index (χ4n) is 1.17. The maximum atomic E-state index is 11.5. The first-order chi connectivity index (χ1) is 7.78. The summed E-state index contributed by atoms with van der Waals surface area (Å²) in [6, 6.07) is 3.70. The van der Waals surface area contributed by atoms with Crippen molar-refractivity contribution in [3.05, 3.63) is 23.9 Å². The number of nitrogens with one attached hydrogen (secondary N) is 1. The number of nitrogens with zero attached hydrogens (tertiary/aromatic N) is 1. The highest BCUT2D eigenvalue weighted by molar-refractivity contribution is 9.09. The van der Waals surface area contributed by atoms with Gasteiger partial charge in [0.05, 0.1) is 0 Å². The van der Waals surface area contributed by atoms with Crippen LogP contribution in [0.1, 0.15) is 38.1 Å². The molecule has 0 spiro atoms. The number of carbonyl (C=O) groups is 1. The van der Waals surface area contributed by atoms with E-state index in [-0.39, 0.29) is 4.83 Å². The molecule has 1 rings (SSSR count). The van der Waals surface area contributed by atoms with E-state index in [2.05, 4.69) is 26.2 Å². The van der Waals surface area contributed by atoms with Gasteiger partial charge in [0.2, 0.25) is 0 Å². The molecule has 5 heteroatoms. The monoisotopic (exact) mass is 300 g/mol. The van der Waals surface area contributed by atoms with Crippen molar-refractivity contribution in [1.82, 2.24) is 4.98 Å². The Hall–Kier alpha value is -1.10. The van der Waals surface area contributed by atoms with Crippen LogP contribution in [-0.4, -0.2) is 16.7 Å². The predicted octanol–water partition coefficient (Wildman–Crippen LogP) is 3.88. The lowest BCUT2D eigenvalue weighted by Crippen LogP contribution is -2.27. The fourth-order valence-corrected chi connectivity index (χ4v) is 1.46. The number of pyridine rings is 1. The van der Waals surface area contributed by atoms with E-state index < -0.39 is 11.7 Å². The number of ether oxygens (including phenoxy) is 1. The largest absolute Gasteiger partial charge is 0.444 e. The van der Waals surface area contributed by atoms with Crippen molar-refractivity contribution >= 4 is 27.8 Å². The lowest BCUT2D eigenvalue weighted by molar-refractivity contribution is 0.0635. The lowest BCUT2D eigenvalue weighted by atomic mass is 10.2. The summed E-state index contributed by atoms with van der Waals surface area (Å²) in [5.41, 5.74) is 0.538. The van der Waals surface area contributed by atoms with Crippen molar-refractivity contribution in [2.24, 2.45) is 0 Å². The zero-order chi connectivity index (χ0) is 13.1. The molecule has 0 aliphatic heterocycles. The first-order valence-corrected chi connectivity index (χ1v) is 6.29. The maximum Gasteiger partial charge on any atom is 0.413 e. The molecule has 0 aromatic carbocycles. The van der Waals surface area contributed by atoms with Crippen molar-refractivity contribution in [1.29, 1.82) is 0 Å². The standard InChI is InChI=1S/C12H17BrN2O2/c1-8(13)9-5-6-14-10(7-9)15-11(16)17-12(2,3)4/h5-8H,1-4H3,(H,14,15,16). The molecule has 1 N–H and O–H groups in total. The molecule has 1 aromatic rings. The Labute approximate surface area is 110 Å². The Morgan fingerprint density at radius 2 is 2.18 bits per heavy atom. The van der Waals surface area contributed by atoms with Crippen LogP contribution in [0.5, 0.6) is 0 Å². The van der Waals surface area contributed by atoms with Crippen molar-refractivity contribution in [3.8, 4) is 0 Å². The minimum atomic E-state index is -0.510. The van der Waals surface area contributed by atoms with Crippen molar-refractivity contribution < 1.29 is 9.53 Å². The van der Waals surface area contributed by atoms with Gasteiger partial charge in [-0.25, -0.2) is 9.78 Å². The predicted molar refractivity (Wildman–Crippen MR) is 71.4 cm³/mol.